The molecule has 2 aromatic heterocycles. The number of benzene rings is 2. The molecule has 0 bridgehead atoms. The predicted octanol–water partition coefficient (Wildman–Crippen LogP) is 4.80. The molecule has 4 N–H and O–H groups in total. The van der Waals surface area contributed by atoms with Crippen molar-refractivity contribution in [2.45, 2.75) is 83.3 Å². The third-order valence-corrected chi connectivity index (χ3v) is 8.83. The second-order valence-electron chi connectivity index (χ2n) is 12.0. The van der Waals surface area contributed by atoms with Crippen LogP contribution in [0, 0.1) is 0 Å². The van der Waals surface area contributed by atoms with Gasteiger partial charge < -0.3 is 35.1 Å². The molecule has 0 saturated heterocycles. The number of nitrogens with zero attached hydrogens (tertiary/aromatic N) is 3. The van der Waals surface area contributed by atoms with Gasteiger partial charge in [-0.1, -0.05) is 74.5 Å². The Morgan fingerprint density at radius 3 is 2.23 bits per heavy atom. The third-order valence-electron chi connectivity index (χ3n) is 7.63. The van der Waals surface area contributed by atoms with E-state index in [0.29, 0.717) is 31.1 Å². The van der Waals surface area contributed by atoms with Crippen LogP contribution in [0.4, 0.5) is 9.59 Å². The number of aliphatic hydroxyl groups excluding tert-OH is 1. The van der Waals surface area contributed by atoms with Crippen molar-refractivity contribution in [1.82, 2.24) is 30.8 Å². The summed E-state index contributed by atoms with van der Waals surface area (Å²) in [6.45, 7) is 5.94. The number of alkyl carbamates (subject to hydrolysis) is 1. The lowest BCUT2D eigenvalue weighted by atomic mass is 9.93. The predicted molar refractivity (Wildman–Crippen MR) is 182 cm³/mol. The quantitative estimate of drug-likeness (QED) is 0.132. The van der Waals surface area contributed by atoms with Gasteiger partial charge in [0.15, 0.2) is 18.8 Å². The fourth-order valence-electron chi connectivity index (χ4n) is 5.00. The maximum atomic E-state index is 13.4. The molecule has 12 nitrogen and oxygen atoms in total. The van der Waals surface area contributed by atoms with Gasteiger partial charge in [0.05, 0.1) is 35.6 Å². The van der Waals surface area contributed by atoms with E-state index in [1.807, 2.05) is 66.0 Å². The number of nitrogens with one attached hydrogen (secondary N) is 3. The van der Waals surface area contributed by atoms with Crippen LogP contribution in [0.1, 0.15) is 60.7 Å². The number of hydrogen-bond donors (Lipinski definition) is 4. The normalized spacial score (nSPS) is 13.6. The Balaban J connectivity index is 1.41. The van der Waals surface area contributed by atoms with Crippen molar-refractivity contribution < 1.29 is 28.6 Å². The van der Waals surface area contributed by atoms with Crippen LogP contribution in [0.2, 0.25) is 0 Å². The summed E-state index contributed by atoms with van der Waals surface area (Å²) in [5.74, 6) is 0.281. The molecule has 0 aliphatic rings. The van der Waals surface area contributed by atoms with E-state index in [1.54, 1.807) is 25.3 Å². The van der Waals surface area contributed by atoms with Crippen molar-refractivity contribution in [2.24, 2.45) is 0 Å². The molecule has 0 fully saturated rings. The number of hydrogen-bond acceptors (Lipinski definition) is 9. The maximum Gasteiger partial charge on any atom is 0.407 e. The topological polar surface area (TPSA) is 159 Å². The average molecular weight is 677 g/mol. The molecule has 4 rings (SSSR count). The Bertz CT molecular complexity index is 1570. The molecule has 0 radical (unpaired) electrons. The number of aromatic nitrogens is 2. The number of amides is 4. The van der Waals surface area contributed by atoms with Crippen molar-refractivity contribution in [1.29, 1.82) is 0 Å². The Labute approximate surface area is 284 Å². The van der Waals surface area contributed by atoms with E-state index in [-0.39, 0.29) is 13.0 Å². The van der Waals surface area contributed by atoms with E-state index in [0.717, 1.165) is 21.8 Å². The lowest BCUT2D eigenvalue weighted by Crippen LogP contribution is -2.53. The van der Waals surface area contributed by atoms with E-state index in [9.17, 15) is 19.5 Å². The summed E-state index contributed by atoms with van der Waals surface area (Å²) in [6, 6.07) is 16.5. The molecule has 4 atom stereocenters. The molecule has 0 aliphatic heterocycles. The summed E-state index contributed by atoms with van der Waals surface area (Å²) in [7, 11) is 1.65. The van der Waals surface area contributed by atoms with Crippen LogP contribution in [-0.4, -0.2) is 69.3 Å². The second kappa shape index (κ2) is 18.0. The molecule has 256 valence electrons. The van der Waals surface area contributed by atoms with Crippen molar-refractivity contribution >= 4 is 29.4 Å². The molecule has 2 aromatic carbocycles. The van der Waals surface area contributed by atoms with Crippen LogP contribution in [0.5, 0.6) is 0 Å². The summed E-state index contributed by atoms with van der Waals surface area (Å²) < 4.78 is 10.4. The van der Waals surface area contributed by atoms with Crippen LogP contribution in [0.3, 0.4) is 0 Å². The van der Waals surface area contributed by atoms with E-state index < -0.39 is 42.3 Å². The van der Waals surface area contributed by atoms with E-state index in [4.69, 9.17) is 9.15 Å². The highest BCUT2D eigenvalue weighted by Crippen LogP contribution is 2.20. The third kappa shape index (κ3) is 11.5. The molecular weight excluding hydrogens is 632 g/mol. The SMILES string of the molecule is CC(C)c1nc(CN(C)C(=O)N[C@@H](C)C(=O)N[C@@H](Cc2ccccc2)C[C@H](O)[C@H](Cc2ccccc2)NC(=O)OCc2cnco2)cs1. The zero-order chi connectivity index (χ0) is 34.5. The lowest BCUT2D eigenvalue weighted by molar-refractivity contribution is -0.123. The van der Waals surface area contributed by atoms with Gasteiger partial charge in [0.2, 0.25) is 5.91 Å². The molecule has 0 unspecified atom stereocenters. The van der Waals surface area contributed by atoms with E-state index in [2.05, 4.69) is 39.8 Å². The van der Waals surface area contributed by atoms with Gasteiger partial charge in [-0.2, -0.15) is 0 Å². The van der Waals surface area contributed by atoms with Crippen LogP contribution < -0.4 is 16.0 Å². The zero-order valence-electron chi connectivity index (χ0n) is 27.7. The van der Waals surface area contributed by atoms with Crippen molar-refractivity contribution in [2.75, 3.05) is 7.05 Å². The Kier molecular flexibility index (Phi) is 13.5. The van der Waals surface area contributed by atoms with Gasteiger partial charge in [-0.05, 0) is 37.3 Å². The molecule has 2 heterocycles. The summed E-state index contributed by atoms with van der Waals surface area (Å²) in [5, 5.41) is 23.0. The van der Waals surface area contributed by atoms with Gasteiger partial charge in [0, 0.05) is 24.4 Å². The van der Waals surface area contributed by atoms with Gasteiger partial charge in [-0.15, -0.1) is 11.3 Å². The first-order valence-electron chi connectivity index (χ1n) is 15.9. The second-order valence-corrected chi connectivity index (χ2v) is 12.9. The van der Waals surface area contributed by atoms with Gasteiger partial charge in [-0.3, -0.25) is 4.79 Å². The van der Waals surface area contributed by atoms with E-state index in [1.165, 1.54) is 17.5 Å². The van der Waals surface area contributed by atoms with Crippen molar-refractivity contribution in [3.8, 4) is 0 Å². The van der Waals surface area contributed by atoms with E-state index >= 15 is 0 Å². The highest BCUT2D eigenvalue weighted by atomic mass is 32.1. The molecule has 0 saturated carbocycles. The average Bonchev–Trinajstić information content (AvgIpc) is 3.77. The highest BCUT2D eigenvalue weighted by molar-refractivity contribution is 7.09. The summed E-state index contributed by atoms with van der Waals surface area (Å²) in [4.78, 5) is 49.0. The molecular formula is C35H44N6O6S. The van der Waals surface area contributed by atoms with Crippen LogP contribution in [-0.2, 0) is 35.5 Å². The number of carbonyl (C=O) groups is 3. The monoisotopic (exact) mass is 676 g/mol. The van der Waals surface area contributed by atoms with Gasteiger partial charge in [-0.25, -0.2) is 19.6 Å². The summed E-state index contributed by atoms with van der Waals surface area (Å²) in [5.41, 5.74) is 2.64. The molecule has 0 spiro atoms. The van der Waals surface area contributed by atoms with Crippen molar-refractivity contribution in [3.05, 3.63) is 106 Å². The van der Waals surface area contributed by atoms with Crippen LogP contribution in [0.25, 0.3) is 0 Å². The minimum Gasteiger partial charge on any atom is -0.445 e. The maximum absolute atomic E-state index is 13.4. The zero-order valence-corrected chi connectivity index (χ0v) is 28.5. The highest BCUT2D eigenvalue weighted by Gasteiger charge is 2.28. The van der Waals surface area contributed by atoms with Crippen molar-refractivity contribution in [3.63, 3.8) is 0 Å². The number of oxazole rings is 1. The largest absolute Gasteiger partial charge is 0.445 e. The molecule has 4 aromatic rings. The Hall–Kier alpha value is -4.75. The number of rotatable bonds is 16. The minimum atomic E-state index is -1.07. The summed E-state index contributed by atoms with van der Waals surface area (Å²) >= 11 is 1.56. The van der Waals surface area contributed by atoms with Crippen LogP contribution in [0.15, 0.2) is 83.1 Å². The minimum absolute atomic E-state index is 0.114. The smallest absolute Gasteiger partial charge is 0.407 e. The first-order valence-corrected chi connectivity index (χ1v) is 16.8. The number of carbonyl (C=O) groups excluding carboxylic acids is 3. The lowest BCUT2D eigenvalue weighted by Gasteiger charge is -2.29. The number of ether oxygens (including phenoxy) is 1. The van der Waals surface area contributed by atoms with Gasteiger partial charge >= 0.3 is 12.1 Å². The first-order chi connectivity index (χ1) is 23.1. The first kappa shape index (κ1) is 36.1. The standard InChI is InChI=1S/C35H44N6O6S/c1-23(2)33-39-28(21-48-33)19-41(4)34(44)37-24(3)32(43)38-27(15-25-11-7-5-8-12-25)17-31(42)30(16-26-13-9-6-10-14-26)40-35(45)46-20-29-18-36-22-47-29/h5-14,18,21-24,27,30-31,42H,15-17,19-20H2,1-4H3,(H,37,44)(H,38,43)(H,40,45)/t24-,27-,30-,31-/m0/s1. The fourth-order valence-corrected chi connectivity index (χ4v) is 5.83. The molecule has 13 heteroatoms. The molecule has 4 amide bonds. The molecule has 0 aliphatic carbocycles. The number of aliphatic hydroxyl groups is 1. The molecule has 48 heavy (non-hydrogen) atoms. The van der Waals surface area contributed by atoms with Gasteiger partial charge in [0.25, 0.3) is 0 Å². The Morgan fingerprint density at radius 2 is 1.62 bits per heavy atom. The number of thiazole rings is 1. The van der Waals surface area contributed by atoms with Gasteiger partial charge in [0.1, 0.15) is 6.04 Å². The summed E-state index contributed by atoms with van der Waals surface area (Å²) in [6.07, 6.45) is 1.75. The number of urea groups is 1. The van der Waals surface area contributed by atoms with Crippen LogP contribution >= 0.6 is 11.3 Å². The fraction of sp³-hybridized carbons (Fsp3) is 0.400. The Morgan fingerprint density at radius 1 is 0.958 bits per heavy atom.